The van der Waals surface area contributed by atoms with Gasteiger partial charge in [0.1, 0.15) is 17.7 Å². The van der Waals surface area contributed by atoms with Crippen LogP contribution in [-0.2, 0) is 10.0 Å². The minimum Gasteiger partial charge on any atom is -0.490 e. The van der Waals surface area contributed by atoms with Crippen molar-refractivity contribution in [3.05, 3.63) is 59.9 Å². The Bertz CT molecular complexity index is 871. The summed E-state index contributed by atoms with van der Waals surface area (Å²) in [4.78, 5) is 11.5. The van der Waals surface area contributed by atoms with Crippen LogP contribution in [0.1, 0.15) is 30.1 Å². The number of carbonyl (C=O) groups is 1. The summed E-state index contributed by atoms with van der Waals surface area (Å²) < 4.78 is 45.6. The number of sulfonamides is 1. The van der Waals surface area contributed by atoms with E-state index in [1.54, 1.807) is 12.1 Å². The zero-order valence-corrected chi connectivity index (χ0v) is 15.2. The van der Waals surface area contributed by atoms with Gasteiger partial charge in [-0.15, -0.1) is 0 Å². The van der Waals surface area contributed by atoms with Crippen molar-refractivity contribution in [1.29, 1.82) is 0 Å². The lowest BCUT2D eigenvalue weighted by Crippen LogP contribution is -2.41. The van der Waals surface area contributed by atoms with Crippen LogP contribution in [0, 0.1) is 5.82 Å². The van der Waals surface area contributed by atoms with Gasteiger partial charge in [0.05, 0.1) is 4.90 Å². The highest BCUT2D eigenvalue weighted by molar-refractivity contribution is 7.89. The van der Waals surface area contributed by atoms with Gasteiger partial charge in [-0.25, -0.2) is 12.8 Å². The molecule has 0 aromatic heterocycles. The number of hydrogen-bond acceptors (Lipinski definition) is 4. The lowest BCUT2D eigenvalue weighted by atomic mass is 10.1. The maximum absolute atomic E-state index is 12.9. The van der Waals surface area contributed by atoms with E-state index in [1.807, 2.05) is 0 Å². The second kappa shape index (κ2) is 7.55. The smallest absolute Gasteiger partial charge is 0.243 e. The highest BCUT2D eigenvalue weighted by Gasteiger charge is 2.30. The van der Waals surface area contributed by atoms with E-state index in [-0.39, 0.29) is 22.6 Å². The van der Waals surface area contributed by atoms with Crippen molar-refractivity contribution in [2.24, 2.45) is 0 Å². The number of Topliss-reactive ketones (excluding diaryl/α,β-unsaturated/α-hetero) is 1. The van der Waals surface area contributed by atoms with E-state index in [0.29, 0.717) is 37.2 Å². The van der Waals surface area contributed by atoms with Crippen LogP contribution in [0.5, 0.6) is 5.75 Å². The van der Waals surface area contributed by atoms with Crippen LogP contribution in [0.2, 0.25) is 0 Å². The van der Waals surface area contributed by atoms with E-state index in [0.717, 1.165) is 0 Å². The number of piperidine rings is 1. The summed E-state index contributed by atoms with van der Waals surface area (Å²) in [6.07, 6.45) is 1.01. The normalized spacial score (nSPS) is 16.4. The number of nitrogens with zero attached hydrogens (tertiary/aromatic N) is 1. The van der Waals surface area contributed by atoms with Crippen LogP contribution < -0.4 is 4.74 Å². The molecule has 138 valence electrons. The van der Waals surface area contributed by atoms with Crippen LogP contribution in [0.15, 0.2) is 53.4 Å². The van der Waals surface area contributed by atoms with E-state index in [2.05, 4.69) is 0 Å². The summed E-state index contributed by atoms with van der Waals surface area (Å²) in [7, 11) is -3.59. The van der Waals surface area contributed by atoms with Gasteiger partial charge in [-0.3, -0.25) is 4.79 Å². The Hall–Kier alpha value is -2.25. The number of benzene rings is 2. The molecule has 1 aliphatic heterocycles. The van der Waals surface area contributed by atoms with E-state index in [4.69, 9.17) is 4.74 Å². The summed E-state index contributed by atoms with van der Waals surface area (Å²) >= 11 is 0. The molecule has 0 aliphatic carbocycles. The Balaban J connectivity index is 1.62. The van der Waals surface area contributed by atoms with Gasteiger partial charge in [-0.2, -0.15) is 4.31 Å². The Morgan fingerprint density at radius 3 is 2.15 bits per heavy atom. The quantitative estimate of drug-likeness (QED) is 0.751. The molecule has 0 radical (unpaired) electrons. The number of halogens is 1. The molecule has 2 aromatic carbocycles. The zero-order valence-electron chi connectivity index (χ0n) is 14.4. The first-order valence-electron chi connectivity index (χ1n) is 8.39. The molecule has 1 aliphatic rings. The number of hydrogen-bond donors (Lipinski definition) is 0. The maximum atomic E-state index is 12.9. The summed E-state index contributed by atoms with van der Waals surface area (Å²) in [5.41, 5.74) is 0.482. The molecular formula is C19H20FNO4S. The maximum Gasteiger partial charge on any atom is 0.243 e. The molecule has 3 rings (SSSR count). The molecular weight excluding hydrogens is 357 g/mol. The summed E-state index contributed by atoms with van der Waals surface area (Å²) in [5, 5.41) is 0. The van der Waals surface area contributed by atoms with Gasteiger partial charge < -0.3 is 4.74 Å². The molecule has 0 N–H and O–H groups in total. The second-order valence-corrected chi connectivity index (χ2v) is 8.19. The van der Waals surface area contributed by atoms with Crippen molar-refractivity contribution in [1.82, 2.24) is 4.31 Å². The predicted octanol–water partition coefficient (Wildman–Crippen LogP) is 3.26. The van der Waals surface area contributed by atoms with Crippen molar-refractivity contribution in [3.8, 4) is 5.75 Å². The lowest BCUT2D eigenvalue weighted by molar-refractivity contribution is 0.101. The van der Waals surface area contributed by atoms with Crippen LogP contribution in [0.4, 0.5) is 4.39 Å². The average molecular weight is 377 g/mol. The number of rotatable bonds is 5. The molecule has 0 unspecified atom stereocenters. The van der Waals surface area contributed by atoms with Gasteiger partial charge in [-0.1, -0.05) is 12.1 Å². The number of ether oxygens (including phenoxy) is 1. The largest absolute Gasteiger partial charge is 0.490 e. The fourth-order valence-corrected chi connectivity index (χ4v) is 4.38. The third-order valence-electron chi connectivity index (χ3n) is 4.42. The molecule has 1 saturated heterocycles. The SMILES string of the molecule is CC(=O)c1ccc(S(=O)(=O)N2CCC(Oc3ccc(F)cc3)CC2)cc1. The Labute approximate surface area is 152 Å². The Kier molecular flexibility index (Phi) is 5.38. The van der Waals surface area contributed by atoms with Crippen molar-refractivity contribution in [2.45, 2.75) is 30.8 Å². The highest BCUT2D eigenvalue weighted by Crippen LogP contribution is 2.24. The van der Waals surface area contributed by atoms with Gasteiger partial charge in [0.15, 0.2) is 5.78 Å². The third kappa shape index (κ3) is 4.11. The molecule has 0 bridgehead atoms. The number of ketones is 1. The molecule has 26 heavy (non-hydrogen) atoms. The molecule has 0 atom stereocenters. The molecule has 0 saturated carbocycles. The average Bonchev–Trinajstić information content (AvgIpc) is 2.64. The van der Waals surface area contributed by atoms with Gasteiger partial charge >= 0.3 is 0 Å². The minimum absolute atomic E-state index is 0.104. The molecule has 7 heteroatoms. The van der Waals surface area contributed by atoms with E-state index < -0.39 is 10.0 Å². The fourth-order valence-electron chi connectivity index (χ4n) is 2.91. The highest BCUT2D eigenvalue weighted by atomic mass is 32.2. The summed E-state index contributed by atoms with van der Waals surface area (Å²) in [5.74, 6) is 0.147. The first kappa shape index (κ1) is 18.5. The molecule has 1 fully saturated rings. The van der Waals surface area contributed by atoms with E-state index >= 15 is 0 Å². The standard InChI is InChI=1S/C19H20FNO4S/c1-14(22)15-2-8-19(9-3-15)26(23,24)21-12-10-18(11-13-21)25-17-6-4-16(20)5-7-17/h2-9,18H,10-13H2,1H3. The lowest BCUT2D eigenvalue weighted by Gasteiger charge is -2.31. The molecule has 5 nitrogen and oxygen atoms in total. The monoisotopic (exact) mass is 377 g/mol. The van der Waals surface area contributed by atoms with Crippen LogP contribution in [0.3, 0.4) is 0 Å². The topological polar surface area (TPSA) is 63.7 Å². The Morgan fingerprint density at radius 2 is 1.62 bits per heavy atom. The van der Waals surface area contributed by atoms with Crippen molar-refractivity contribution >= 4 is 15.8 Å². The predicted molar refractivity (Wildman–Crippen MR) is 95.3 cm³/mol. The van der Waals surface area contributed by atoms with Gasteiger partial charge in [0, 0.05) is 18.7 Å². The van der Waals surface area contributed by atoms with Crippen LogP contribution in [-0.4, -0.2) is 37.7 Å². The van der Waals surface area contributed by atoms with Crippen molar-refractivity contribution in [2.75, 3.05) is 13.1 Å². The second-order valence-electron chi connectivity index (χ2n) is 6.26. The first-order chi connectivity index (χ1) is 12.4. The number of carbonyl (C=O) groups excluding carboxylic acids is 1. The fraction of sp³-hybridized carbons (Fsp3) is 0.316. The minimum atomic E-state index is -3.59. The van der Waals surface area contributed by atoms with Crippen LogP contribution >= 0.6 is 0 Å². The molecule has 1 heterocycles. The van der Waals surface area contributed by atoms with E-state index in [1.165, 1.54) is 47.6 Å². The molecule has 2 aromatic rings. The zero-order chi connectivity index (χ0) is 18.7. The summed E-state index contributed by atoms with van der Waals surface area (Å²) in [6.45, 7) is 2.14. The van der Waals surface area contributed by atoms with Gasteiger partial charge in [-0.05, 0) is 56.2 Å². The van der Waals surface area contributed by atoms with E-state index in [9.17, 15) is 17.6 Å². The van der Waals surface area contributed by atoms with Gasteiger partial charge in [0.25, 0.3) is 0 Å². The van der Waals surface area contributed by atoms with Crippen molar-refractivity contribution < 1.29 is 22.3 Å². The van der Waals surface area contributed by atoms with Crippen LogP contribution in [0.25, 0.3) is 0 Å². The summed E-state index contributed by atoms with van der Waals surface area (Å²) in [6, 6.07) is 11.8. The Morgan fingerprint density at radius 1 is 1.04 bits per heavy atom. The van der Waals surface area contributed by atoms with Crippen molar-refractivity contribution in [3.63, 3.8) is 0 Å². The first-order valence-corrected chi connectivity index (χ1v) is 9.83. The molecule has 0 spiro atoms. The third-order valence-corrected chi connectivity index (χ3v) is 6.33. The van der Waals surface area contributed by atoms with Gasteiger partial charge in [0.2, 0.25) is 10.0 Å². The molecule has 0 amide bonds.